The first-order chi connectivity index (χ1) is 13.5. The van der Waals surface area contributed by atoms with Crippen LogP contribution in [0.5, 0.6) is 5.75 Å². The summed E-state index contributed by atoms with van der Waals surface area (Å²) in [5, 5.41) is 35.0. The first-order valence-corrected chi connectivity index (χ1v) is 8.65. The SMILES string of the molecule is CC(NCC(O)COc1ccc([N+](=O)[O-])cc1)c1ccc(-n2cnnn2)cc1.Cl. The molecule has 2 atom stereocenters. The number of nitro groups is 1. The molecule has 0 radical (unpaired) electrons. The van der Waals surface area contributed by atoms with Gasteiger partial charge in [-0.15, -0.1) is 17.5 Å². The van der Waals surface area contributed by atoms with Crippen LogP contribution in [0.1, 0.15) is 18.5 Å². The van der Waals surface area contributed by atoms with Crippen LogP contribution < -0.4 is 10.1 Å². The lowest BCUT2D eigenvalue weighted by Gasteiger charge is -2.18. The first kappa shape index (κ1) is 22.2. The predicted molar refractivity (Wildman–Crippen MR) is 107 cm³/mol. The van der Waals surface area contributed by atoms with Gasteiger partial charge in [0.05, 0.1) is 10.6 Å². The Bertz CT molecular complexity index is 890. The number of aliphatic hydroxyl groups excluding tert-OH is 1. The van der Waals surface area contributed by atoms with Crippen LogP contribution in [0.25, 0.3) is 5.69 Å². The van der Waals surface area contributed by atoms with E-state index in [1.165, 1.54) is 30.6 Å². The van der Waals surface area contributed by atoms with Crippen molar-refractivity contribution in [2.24, 2.45) is 0 Å². The number of hydrogen-bond acceptors (Lipinski definition) is 8. The van der Waals surface area contributed by atoms with Gasteiger partial charge in [-0.3, -0.25) is 10.1 Å². The number of nitro benzene ring substituents is 1. The zero-order valence-electron chi connectivity index (χ0n) is 15.6. The summed E-state index contributed by atoms with van der Waals surface area (Å²) < 4.78 is 7.03. The third kappa shape index (κ3) is 6.21. The molecule has 3 aromatic rings. The molecule has 0 saturated carbocycles. The van der Waals surface area contributed by atoms with Gasteiger partial charge in [-0.25, -0.2) is 4.68 Å². The number of benzene rings is 2. The van der Waals surface area contributed by atoms with Crippen molar-refractivity contribution in [1.29, 1.82) is 0 Å². The minimum absolute atomic E-state index is 0. The molecule has 0 bridgehead atoms. The van der Waals surface area contributed by atoms with Crippen LogP contribution in [0.3, 0.4) is 0 Å². The fraction of sp³-hybridized carbons (Fsp3) is 0.278. The van der Waals surface area contributed by atoms with E-state index in [1.54, 1.807) is 4.68 Å². The van der Waals surface area contributed by atoms with Gasteiger partial charge in [0.25, 0.3) is 5.69 Å². The summed E-state index contributed by atoms with van der Waals surface area (Å²) in [5.41, 5.74) is 1.91. The van der Waals surface area contributed by atoms with E-state index in [0.29, 0.717) is 12.3 Å². The van der Waals surface area contributed by atoms with Crippen molar-refractivity contribution in [2.45, 2.75) is 19.1 Å². The lowest BCUT2D eigenvalue weighted by Crippen LogP contribution is -2.33. The van der Waals surface area contributed by atoms with Gasteiger partial charge in [0, 0.05) is 24.7 Å². The highest BCUT2D eigenvalue weighted by molar-refractivity contribution is 5.85. The van der Waals surface area contributed by atoms with Gasteiger partial charge in [-0.2, -0.15) is 0 Å². The number of hydrogen-bond donors (Lipinski definition) is 2. The molecule has 2 unspecified atom stereocenters. The van der Waals surface area contributed by atoms with Gasteiger partial charge < -0.3 is 15.2 Å². The van der Waals surface area contributed by atoms with Crippen LogP contribution >= 0.6 is 12.4 Å². The molecule has 0 fully saturated rings. The van der Waals surface area contributed by atoms with Crippen molar-refractivity contribution in [2.75, 3.05) is 13.2 Å². The maximum Gasteiger partial charge on any atom is 0.269 e. The third-order valence-electron chi connectivity index (χ3n) is 4.16. The minimum atomic E-state index is -0.724. The third-order valence-corrected chi connectivity index (χ3v) is 4.16. The average molecular weight is 421 g/mol. The molecule has 0 aliphatic rings. The van der Waals surface area contributed by atoms with E-state index < -0.39 is 11.0 Å². The van der Waals surface area contributed by atoms with Gasteiger partial charge in [0.2, 0.25) is 0 Å². The summed E-state index contributed by atoms with van der Waals surface area (Å²) in [6, 6.07) is 13.5. The Morgan fingerprint density at radius 3 is 2.48 bits per heavy atom. The lowest BCUT2D eigenvalue weighted by atomic mass is 10.1. The fourth-order valence-corrected chi connectivity index (χ4v) is 2.54. The van der Waals surface area contributed by atoms with Crippen molar-refractivity contribution in [3.8, 4) is 11.4 Å². The second-order valence-electron chi connectivity index (χ2n) is 6.19. The van der Waals surface area contributed by atoms with Gasteiger partial charge in [-0.05, 0) is 47.2 Å². The maximum absolute atomic E-state index is 10.6. The van der Waals surface area contributed by atoms with E-state index in [2.05, 4.69) is 20.8 Å². The number of rotatable bonds is 9. The molecule has 29 heavy (non-hydrogen) atoms. The molecule has 10 nitrogen and oxygen atoms in total. The van der Waals surface area contributed by atoms with Crippen molar-refractivity contribution in [3.63, 3.8) is 0 Å². The zero-order valence-corrected chi connectivity index (χ0v) is 16.4. The lowest BCUT2D eigenvalue weighted by molar-refractivity contribution is -0.384. The molecule has 0 amide bonds. The number of nitrogens with one attached hydrogen (secondary N) is 1. The summed E-state index contributed by atoms with van der Waals surface area (Å²) in [4.78, 5) is 10.2. The normalized spacial score (nSPS) is 12.6. The molecule has 0 aliphatic heterocycles. The predicted octanol–water partition coefficient (Wildman–Crippen LogP) is 2.08. The van der Waals surface area contributed by atoms with Crippen LogP contribution in [-0.4, -0.2) is 49.5 Å². The molecule has 1 heterocycles. The van der Waals surface area contributed by atoms with Crippen LogP contribution in [0, 0.1) is 10.1 Å². The second-order valence-corrected chi connectivity index (χ2v) is 6.19. The summed E-state index contributed by atoms with van der Waals surface area (Å²) in [7, 11) is 0. The molecule has 2 N–H and O–H groups in total. The summed E-state index contributed by atoms with van der Waals surface area (Å²) in [6.45, 7) is 2.41. The number of tetrazole rings is 1. The monoisotopic (exact) mass is 420 g/mol. The van der Waals surface area contributed by atoms with E-state index in [-0.39, 0.29) is 30.7 Å². The highest BCUT2D eigenvalue weighted by atomic mass is 35.5. The molecule has 0 spiro atoms. The first-order valence-electron chi connectivity index (χ1n) is 8.65. The van der Waals surface area contributed by atoms with Crippen molar-refractivity contribution < 1.29 is 14.8 Å². The van der Waals surface area contributed by atoms with Crippen LogP contribution in [0.4, 0.5) is 5.69 Å². The number of non-ortho nitro benzene ring substituents is 1. The van der Waals surface area contributed by atoms with Gasteiger partial charge in [0.1, 0.15) is 24.8 Å². The molecule has 1 aromatic heterocycles. The maximum atomic E-state index is 10.6. The molecule has 154 valence electrons. The summed E-state index contributed by atoms with van der Waals surface area (Å²) in [5.74, 6) is 0.468. The fourth-order valence-electron chi connectivity index (χ4n) is 2.54. The van der Waals surface area contributed by atoms with Crippen LogP contribution in [0.2, 0.25) is 0 Å². The number of ether oxygens (including phenoxy) is 1. The Morgan fingerprint density at radius 1 is 1.21 bits per heavy atom. The van der Waals surface area contributed by atoms with Crippen molar-refractivity contribution in [3.05, 3.63) is 70.5 Å². The molecular weight excluding hydrogens is 400 g/mol. The number of aliphatic hydroxyl groups is 1. The number of nitrogens with zero attached hydrogens (tertiary/aromatic N) is 5. The largest absolute Gasteiger partial charge is 0.491 e. The van der Waals surface area contributed by atoms with E-state index in [0.717, 1.165) is 11.3 Å². The van der Waals surface area contributed by atoms with E-state index in [9.17, 15) is 15.2 Å². The zero-order chi connectivity index (χ0) is 19.9. The van der Waals surface area contributed by atoms with E-state index in [4.69, 9.17) is 4.74 Å². The standard InChI is InChI=1S/C18H20N6O4.ClH/c1-13(14-2-4-15(5-3-14)23-12-20-21-22-23)19-10-17(25)11-28-18-8-6-16(7-9-18)24(26)27;/h2-9,12-13,17,19,25H,10-11H2,1H3;1H. The number of halogens is 1. The molecule has 11 heteroatoms. The number of aromatic nitrogens is 4. The highest BCUT2D eigenvalue weighted by Gasteiger charge is 2.11. The van der Waals surface area contributed by atoms with Crippen LogP contribution in [-0.2, 0) is 0 Å². The molecule has 0 aliphatic carbocycles. The molecule has 2 aromatic carbocycles. The molecule has 0 saturated heterocycles. The minimum Gasteiger partial charge on any atom is -0.491 e. The Morgan fingerprint density at radius 2 is 1.90 bits per heavy atom. The van der Waals surface area contributed by atoms with Gasteiger partial charge in [-0.1, -0.05) is 12.1 Å². The average Bonchev–Trinajstić information content (AvgIpc) is 3.25. The molecule has 3 rings (SSSR count). The molecular formula is C18H21ClN6O4. The smallest absolute Gasteiger partial charge is 0.269 e. The topological polar surface area (TPSA) is 128 Å². The quantitative estimate of drug-likeness (QED) is 0.397. The van der Waals surface area contributed by atoms with Gasteiger partial charge >= 0.3 is 0 Å². The van der Waals surface area contributed by atoms with Crippen molar-refractivity contribution in [1.82, 2.24) is 25.5 Å². The Balaban J connectivity index is 0.00000300. The second kappa shape index (κ2) is 10.5. The summed E-state index contributed by atoms with van der Waals surface area (Å²) in [6.07, 6.45) is 0.802. The van der Waals surface area contributed by atoms with Crippen molar-refractivity contribution >= 4 is 18.1 Å². The Kier molecular flexibility index (Phi) is 8.01. The highest BCUT2D eigenvalue weighted by Crippen LogP contribution is 2.18. The summed E-state index contributed by atoms with van der Waals surface area (Å²) >= 11 is 0. The Labute approximate surface area is 173 Å². The van der Waals surface area contributed by atoms with E-state index in [1.807, 2.05) is 31.2 Å². The Hall–Kier alpha value is -3.08. The van der Waals surface area contributed by atoms with Gasteiger partial charge in [0.15, 0.2) is 0 Å². The van der Waals surface area contributed by atoms with E-state index >= 15 is 0 Å². The van der Waals surface area contributed by atoms with Crippen LogP contribution in [0.15, 0.2) is 54.9 Å².